The molecule has 0 aliphatic rings. The van der Waals surface area contributed by atoms with Crippen LogP contribution in [-0.4, -0.2) is 0 Å². The Morgan fingerprint density at radius 1 is 0.783 bits per heavy atom. The van der Waals surface area contributed by atoms with Crippen LogP contribution in [-0.2, 0) is 0 Å². The van der Waals surface area contributed by atoms with E-state index in [1.807, 2.05) is 55.5 Å². The molecule has 0 aromatic heterocycles. The first kappa shape index (κ1) is 15.0. The van der Waals surface area contributed by atoms with Gasteiger partial charge in [-0.2, -0.15) is 5.11 Å². The van der Waals surface area contributed by atoms with Crippen molar-refractivity contribution >= 4 is 17.1 Å². The largest absolute Gasteiger partial charge is 0.397 e. The number of nitrogens with two attached hydrogens (primary N) is 1. The van der Waals surface area contributed by atoms with Gasteiger partial charge in [0.05, 0.1) is 11.4 Å². The first-order chi connectivity index (χ1) is 11.2. The van der Waals surface area contributed by atoms with Crippen LogP contribution in [0.4, 0.5) is 17.1 Å². The van der Waals surface area contributed by atoms with Crippen LogP contribution in [0.3, 0.4) is 0 Å². The summed E-state index contributed by atoms with van der Waals surface area (Å²) < 4.78 is 0. The maximum absolute atomic E-state index is 6.33. The monoisotopic (exact) mass is 301 g/mol. The van der Waals surface area contributed by atoms with Crippen LogP contribution in [0.2, 0.25) is 0 Å². The van der Waals surface area contributed by atoms with Crippen molar-refractivity contribution in [2.75, 3.05) is 5.73 Å². The summed E-state index contributed by atoms with van der Waals surface area (Å²) in [5.41, 5.74) is 12.8. The lowest BCUT2D eigenvalue weighted by molar-refractivity contribution is 1.22. The number of anilines is 1. The zero-order chi connectivity index (χ0) is 16.2. The van der Waals surface area contributed by atoms with Gasteiger partial charge in [0.25, 0.3) is 0 Å². The second-order valence-corrected chi connectivity index (χ2v) is 5.53. The number of hydrogen-bond donors (Lipinski definition) is 1. The molecular formula is C20H19N3. The fourth-order valence-electron chi connectivity index (χ4n) is 2.48. The summed E-state index contributed by atoms with van der Waals surface area (Å²) >= 11 is 0. The number of aryl methyl sites for hydroxylation is 1. The van der Waals surface area contributed by atoms with E-state index in [0.29, 0.717) is 5.69 Å². The summed E-state index contributed by atoms with van der Waals surface area (Å²) in [6.07, 6.45) is 0. The van der Waals surface area contributed by atoms with Gasteiger partial charge >= 0.3 is 0 Å². The number of azo groups is 1. The van der Waals surface area contributed by atoms with Crippen molar-refractivity contribution in [2.45, 2.75) is 13.8 Å². The number of rotatable bonds is 3. The second kappa shape index (κ2) is 6.44. The Labute approximate surface area is 136 Å². The van der Waals surface area contributed by atoms with E-state index in [9.17, 15) is 0 Å². The Balaban J connectivity index is 2.15. The second-order valence-electron chi connectivity index (χ2n) is 5.53. The van der Waals surface area contributed by atoms with Crippen molar-refractivity contribution in [1.82, 2.24) is 0 Å². The maximum Gasteiger partial charge on any atom is 0.117 e. The van der Waals surface area contributed by atoms with Gasteiger partial charge in [0.15, 0.2) is 0 Å². The van der Waals surface area contributed by atoms with Crippen molar-refractivity contribution in [1.29, 1.82) is 0 Å². The highest BCUT2D eigenvalue weighted by atomic mass is 15.1. The van der Waals surface area contributed by atoms with Crippen LogP contribution in [0, 0.1) is 13.8 Å². The minimum Gasteiger partial charge on any atom is -0.397 e. The van der Waals surface area contributed by atoms with Gasteiger partial charge in [-0.25, -0.2) is 0 Å². The molecule has 3 rings (SSSR count). The standard InChI is InChI=1S/C20H19N3/c1-14-13-18(16-9-5-3-6-10-16)20(19(21)15(14)2)23-22-17-11-7-4-8-12-17/h3-13H,21H2,1-2H3. The number of nitrogen functional groups attached to an aromatic ring is 1. The molecule has 3 aromatic rings. The molecule has 0 saturated carbocycles. The molecule has 0 fully saturated rings. The van der Waals surface area contributed by atoms with Crippen LogP contribution in [0.1, 0.15) is 11.1 Å². The van der Waals surface area contributed by atoms with Crippen LogP contribution in [0.15, 0.2) is 77.0 Å². The summed E-state index contributed by atoms with van der Waals surface area (Å²) in [5, 5.41) is 8.79. The molecule has 0 heterocycles. The molecule has 2 N–H and O–H groups in total. The highest BCUT2D eigenvalue weighted by molar-refractivity contribution is 5.86. The molecule has 3 nitrogen and oxygen atoms in total. The third-order valence-electron chi connectivity index (χ3n) is 3.97. The summed E-state index contributed by atoms with van der Waals surface area (Å²) in [7, 11) is 0. The van der Waals surface area contributed by atoms with E-state index in [-0.39, 0.29) is 0 Å². The van der Waals surface area contributed by atoms with Crippen molar-refractivity contribution in [3.8, 4) is 11.1 Å². The minimum atomic E-state index is 0.684. The quantitative estimate of drug-likeness (QED) is 0.470. The number of hydrogen-bond acceptors (Lipinski definition) is 3. The van der Waals surface area contributed by atoms with Crippen molar-refractivity contribution in [3.63, 3.8) is 0 Å². The zero-order valence-electron chi connectivity index (χ0n) is 13.3. The first-order valence-electron chi connectivity index (χ1n) is 7.58. The number of nitrogens with zero attached hydrogens (tertiary/aromatic N) is 2. The fraction of sp³-hybridized carbons (Fsp3) is 0.100. The molecule has 0 aliphatic heterocycles. The molecular weight excluding hydrogens is 282 g/mol. The third-order valence-corrected chi connectivity index (χ3v) is 3.97. The van der Waals surface area contributed by atoms with Crippen molar-refractivity contribution in [2.24, 2.45) is 10.2 Å². The van der Waals surface area contributed by atoms with Crippen LogP contribution < -0.4 is 5.73 Å². The van der Waals surface area contributed by atoms with E-state index < -0.39 is 0 Å². The molecule has 114 valence electrons. The molecule has 0 bridgehead atoms. The highest BCUT2D eigenvalue weighted by Crippen LogP contribution is 2.39. The van der Waals surface area contributed by atoms with Crippen LogP contribution >= 0.6 is 0 Å². The third kappa shape index (κ3) is 3.14. The van der Waals surface area contributed by atoms with Crippen molar-refractivity contribution in [3.05, 3.63) is 77.9 Å². The lowest BCUT2D eigenvalue weighted by atomic mass is 9.96. The Kier molecular flexibility index (Phi) is 4.20. The molecule has 0 saturated heterocycles. The Hall–Kier alpha value is -2.94. The molecule has 0 radical (unpaired) electrons. The Morgan fingerprint density at radius 3 is 2.04 bits per heavy atom. The smallest absolute Gasteiger partial charge is 0.117 e. The molecule has 0 unspecified atom stereocenters. The number of benzene rings is 3. The van der Waals surface area contributed by atoms with Gasteiger partial charge in [-0.15, -0.1) is 5.11 Å². The predicted octanol–water partition coefficient (Wildman–Crippen LogP) is 5.97. The lowest BCUT2D eigenvalue weighted by Crippen LogP contribution is -1.95. The van der Waals surface area contributed by atoms with Gasteiger partial charge in [0.2, 0.25) is 0 Å². The van der Waals surface area contributed by atoms with E-state index in [1.54, 1.807) is 0 Å². The average molecular weight is 301 g/mol. The molecule has 0 spiro atoms. The molecule has 3 aromatic carbocycles. The maximum atomic E-state index is 6.33. The molecule has 3 heteroatoms. The van der Waals surface area contributed by atoms with Gasteiger partial charge in [-0.05, 0) is 48.7 Å². The summed E-state index contributed by atoms with van der Waals surface area (Å²) in [4.78, 5) is 0. The molecule has 0 atom stereocenters. The van der Waals surface area contributed by atoms with E-state index in [2.05, 4.69) is 35.4 Å². The van der Waals surface area contributed by atoms with E-state index in [4.69, 9.17) is 5.73 Å². The van der Waals surface area contributed by atoms with E-state index in [0.717, 1.165) is 33.6 Å². The molecule has 23 heavy (non-hydrogen) atoms. The highest BCUT2D eigenvalue weighted by Gasteiger charge is 2.13. The van der Waals surface area contributed by atoms with Gasteiger partial charge in [0.1, 0.15) is 5.69 Å². The van der Waals surface area contributed by atoms with Crippen LogP contribution in [0.25, 0.3) is 11.1 Å². The minimum absolute atomic E-state index is 0.684. The summed E-state index contributed by atoms with van der Waals surface area (Å²) in [6.45, 7) is 4.08. The lowest BCUT2D eigenvalue weighted by Gasteiger charge is -2.13. The van der Waals surface area contributed by atoms with Crippen LogP contribution in [0.5, 0.6) is 0 Å². The van der Waals surface area contributed by atoms with E-state index >= 15 is 0 Å². The van der Waals surface area contributed by atoms with E-state index in [1.165, 1.54) is 0 Å². The SMILES string of the molecule is Cc1cc(-c2ccccc2)c(N=Nc2ccccc2)c(N)c1C. The summed E-state index contributed by atoms with van der Waals surface area (Å²) in [5.74, 6) is 0. The van der Waals surface area contributed by atoms with Gasteiger partial charge in [0, 0.05) is 5.56 Å². The normalized spacial score (nSPS) is 11.0. The van der Waals surface area contributed by atoms with Gasteiger partial charge in [-0.3, -0.25) is 0 Å². The van der Waals surface area contributed by atoms with Crippen molar-refractivity contribution < 1.29 is 0 Å². The predicted molar refractivity (Wildman–Crippen MR) is 96.4 cm³/mol. The zero-order valence-corrected chi connectivity index (χ0v) is 13.3. The average Bonchev–Trinajstić information content (AvgIpc) is 2.60. The molecule has 0 amide bonds. The molecule has 0 aliphatic carbocycles. The Morgan fingerprint density at radius 2 is 1.39 bits per heavy atom. The van der Waals surface area contributed by atoms with Gasteiger partial charge < -0.3 is 5.73 Å². The van der Waals surface area contributed by atoms with Gasteiger partial charge in [-0.1, -0.05) is 48.5 Å². The fourth-order valence-corrected chi connectivity index (χ4v) is 2.48. The topological polar surface area (TPSA) is 50.7 Å². The first-order valence-corrected chi connectivity index (χ1v) is 7.58. The summed E-state index contributed by atoms with van der Waals surface area (Å²) in [6, 6.07) is 21.9. The Bertz CT molecular complexity index is 838.